The molecule has 0 radical (unpaired) electrons. The molecule has 35 heavy (non-hydrogen) atoms. The topological polar surface area (TPSA) is 73.9 Å². The van der Waals surface area contributed by atoms with Crippen LogP contribution >= 0.6 is 28.7 Å². The Morgan fingerprint density at radius 2 is 1.77 bits per heavy atom. The molecule has 0 saturated heterocycles. The summed E-state index contributed by atoms with van der Waals surface area (Å²) in [6, 6.07) is 20.2. The van der Waals surface area contributed by atoms with Crippen molar-refractivity contribution >= 4 is 40.5 Å². The summed E-state index contributed by atoms with van der Waals surface area (Å²) in [5, 5.41) is 3.31. The highest BCUT2D eigenvalue weighted by atomic mass is 79.9. The van der Waals surface area contributed by atoms with Gasteiger partial charge in [-0.05, 0) is 74.0 Å². The van der Waals surface area contributed by atoms with Crippen molar-refractivity contribution in [3.05, 3.63) is 83.4 Å². The van der Waals surface area contributed by atoms with Crippen LogP contribution in [0.25, 0.3) is 0 Å². The zero-order chi connectivity index (χ0) is 23.9. The summed E-state index contributed by atoms with van der Waals surface area (Å²) in [6.45, 7) is 2.58. The Labute approximate surface area is 220 Å². The molecular weight excluding hydrogens is 530 g/mol. The lowest BCUT2D eigenvalue weighted by Gasteiger charge is -2.14. The van der Waals surface area contributed by atoms with Crippen LogP contribution in [-0.2, 0) is 6.42 Å². The summed E-state index contributed by atoms with van der Waals surface area (Å²) in [6.07, 6.45) is 3.65. The number of thioether (sulfide) groups is 1. The van der Waals surface area contributed by atoms with Crippen molar-refractivity contribution in [3.63, 3.8) is 0 Å². The molecule has 1 unspecified atom stereocenters. The number of hydrogen-bond acceptors (Lipinski definition) is 7. The van der Waals surface area contributed by atoms with E-state index in [-0.39, 0.29) is 42.1 Å². The molecule has 4 rings (SSSR count). The number of esters is 1. The molecule has 8 heteroatoms. The van der Waals surface area contributed by atoms with Crippen molar-refractivity contribution in [2.45, 2.75) is 30.7 Å². The first-order chi connectivity index (χ1) is 16.5. The van der Waals surface area contributed by atoms with Crippen molar-refractivity contribution in [1.82, 2.24) is 5.32 Å². The van der Waals surface area contributed by atoms with Crippen molar-refractivity contribution in [2.75, 3.05) is 19.6 Å². The molecule has 0 aromatic heterocycles. The van der Waals surface area contributed by atoms with Gasteiger partial charge in [0.15, 0.2) is 17.3 Å². The molecule has 6 nitrogen and oxygen atoms in total. The van der Waals surface area contributed by atoms with Gasteiger partial charge in [0, 0.05) is 11.6 Å². The van der Waals surface area contributed by atoms with Gasteiger partial charge < -0.3 is 19.5 Å². The quantitative estimate of drug-likeness (QED) is 0.148. The van der Waals surface area contributed by atoms with E-state index in [0.717, 1.165) is 29.2 Å². The minimum Gasteiger partial charge on any atom is -0.454 e. The third-order valence-electron chi connectivity index (χ3n) is 5.61. The monoisotopic (exact) mass is 557 g/mol. The van der Waals surface area contributed by atoms with E-state index in [1.54, 1.807) is 42.5 Å². The molecule has 0 aliphatic carbocycles. The Hall–Kier alpha value is -2.81. The third-order valence-corrected chi connectivity index (χ3v) is 6.37. The molecule has 1 N–H and O–H groups in total. The standard InChI is InChI=1S/C27H27NO5S.BrH/c1-18(8-9-19-10-12-23-25(14-19)32-17-31-23)28-16-22(29)21-11-13-24(26(15-21)34-2)33-27(30)20-6-4-3-5-7-20;/h3-7,10-15,18,28H,8-9,16-17H2,1-2H3;1H. The summed E-state index contributed by atoms with van der Waals surface area (Å²) in [5.74, 6) is 1.59. The Morgan fingerprint density at radius 1 is 1.00 bits per heavy atom. The van der Waals surface area contributed by atoms with Gasteiger partial charge in [0.2, 0.25) is 6.79 Å². The number of nitrogens with one attached hydrogen (secondary N) is 1. The number of carbonyl (C=O) groups excluding carboxylic acids is 2. The molecule has 1 aliphatic heterocycles. The van der Waals surface area contributed by atoms with Crippen LogP contribution in [0.1, 0.15) is 39.6 Å². The molecular formula is C27H28BrNO5S. The molecule has 0 spiro atoms. The zero-order valence-corrected chi connectivity index (χ0v) is 22.1. The molecule has 0 fully saturated rings. The normalized spacial score (nSPS) is 12.5. The van der Waals surface area contributed by atoms with Crippen LogP contribution in [0.3, 0.4) is 0 Å². The highest BCUT2D eigenvalue weighted by molar-refractivity contribution is 8.93. The predicted molar refractivity (Wildman–Crippen MR) is 143 cm³/mol. The van der Waals surface area contributed by atoms with E-state index in [2.05, 4.69) is 12.2 Å². The lowest BCUT2D eigenvalue weighted by molar-refractivity contribution is 0.0730. The number of hydrogen-bond donors (Lipinski definition) is 1. The molecule has 0 saturated carbocycles. The van der Waals surface area contributed by atoms with Gasteiger partial charge in [0.25, 0.3) is 0 Å². The van der Waals surface area contributed by atoms with Gasteiger partial charge in [0.05, 0.1) is 17.0 Å². The van der Waals surface area contributed by atoms with Crippen LogP contribution in [0.5, 0.6) is 17.2 Å². The van der Waals surface area contributed by atoms with Crippen LogP contribution in [0.4, 0.5) is 0 Å². The lowest BCUT2D eigenvalue weighted by atomic mass is 10.0. The number of rotatable bonds is 10. The second-order valence-electron chi connectivity index (χ2n) is 8.05. The zero-order valence-electron chi connectivity index (χ0n) is 19.6. The Balaban J connectivity index is 0.00000342. The van der Waals surface area contributed by atoms with E-state index in [1.165, 1.54) is 17.3 Å². The van der Waals surface area contributed by atoms with Crippen LogP contribution < -0.4 is 19.5 Å². The van der Waals surface area contributed by atoms with Gasteiger partial charge in [-0.25, -0.2) is 4.79 Å². The maximum absolute atomic E-state index is 12.8. The number of aryl methyl sites for hydroxylation is 1. The fourth-order valence-electron chi connectivity index (χ4n) is 3.61. The Morgan fingerprint density at radius 3 is 2.54 bits per heavy atom. The van der Waals surface area contributed by atoms with Crippen LogP contribution in [-0.4, -0.2) is 37.4 Å². The molecule has 1 aliphatic rings. The van der Waals surface area contributed by atoms with E-state index in [0.29, 0.717) is 16.9 Å². The molecule has 3 aromatic carbocycles. The first-order valence-electron chi connectivity index (χ1n) is 11.1. The average molecular weight is 558 g/mol. The van der Waals surface area contributed by atoms with Gasteiger partial charge in [0.1, 0.15) is 5.75 Å². The summed E-state index contributed by atoms with van der Waals surface area (Å²) in [7, 11) is 0. The highest BCUT2D eigenvalue weighted by Crippen LogP contribution is 2.33. The first kappa shape index (κ1) is 26.8. The maximum Gasteiger partial charge on any atom is 0.343 e. The fraction of sp³-hybridized carbons (Fsp3) is 0.259. The van der Waals surface area contributed by atoms with Crippen LogP contribution in [0, 0.1) is 0 Å². The molecule has 1 heterocycles. The number of benzene rings is 3. The molecule has 0 bridgehead atoms. The van der Waals surface area contributed by atoms with Gasteiger partial charge in [-0.15, -0.1) is 28.7 Å². The summed E-state index contributed by atoms with van der Waals surface area (Å²) >= 11 is 1.43. The van der Waals surface area contributed by atoms with E-state index < -0.39 is 5.97 Å². The van der Waals surface area contributed by atoms with Gasteiger partial charge in [-0.1, -0.05) is 24.3 Å². The van der Waals surface area contributed by atoms with Crippen molar-refractivity contribution in [3.8, 4) is 17.2 Å². The molecule has 184 valence electrons. The molecule has 0 amide bonds. The van der Waals surface area contributed by atoms with Crippen molar-refractivity contribution < 1.29 is 23.8 Å². The van der Waals surface area contributed by atoms with Crippen LogP contribution in [0.15, 0.2) is 71.6 Å². The van der Waals surface area contributed by atoms with Gasteiger partial charge in [-0.2, -0.15) is 0 Å². The SMILES string of the molecule is Br.CSc1cc(C(=O)CNC(C)CCc2ccc3c(c2)OCO3)ccc1OC(=O)c1ccccc1. The minimum atomic E-state index is -0.423. The van der Waals surface area contributed by atoms with E-state index >= 15 is 0 Å². The fourth-order valence-corrected chi connectivity index (χ4v) is 4.16. The maximum atomic E-state index is 12.8. The number of fused-ring (bicyclic) bond motifs is 1. The average Bonchev–Trinajstić information content (AvgIpc) is 3.34. The number of ketones is 1. The van der Waals surface area contributed by atoms with Crippen molar-refractivity contribution in [2.24, 2.45) is 0 Å². The lowest BCUT2D eigenvalue weighted by Crippen LogP contribution is -2.31. The summed E-state index contributed by atoms with van der Waals surface area (Å²) < 4.78 is 16.3. The van der Waals surface area contributed by atoms with Gasteiger partial charge in [-0.3, -0.25) is 4.79 Å². The largest absolute Gasteiger partial charge is 0.454 e. The smallest absolute Gasteiger partial charge is 0.343 e. The number of ether oxygens (including phenoxy) is 3. The number of Topliss-reactive ketones (excluding diaryl/α,β-unsaturated/α-hetero) is 1. The van der Waals surface area contributed by atoms with Crippen LogP contribution in [0.2, 0.25) is 0 Å². The Bertz CT molecular complexity index is 1170. The Kier molecular flexibility index (Phi) is 9.77. The van der Waals surface area contributed by atoms with Crippen molar-refractivity contribution in [1.29, 1.82) is 0 Å². The predicted octanol–water partition coefficient (Wildman–Crippen LogP) is 5.73. The van der Waals surface area contributed by atoms with E-state index in [1.807, 2.05) is 30.5 Å². The molecule has 1 atom stereocenters. The highest BCUT2D eigenvalue weighted by Gasteiger charge is 2.16. The number of halogens is 1. The number of carbonyl (C=O) groups is 2. The second kappa shape index (κ2) is 12.8. The van der Waals surface area contributed by atoms with E-state index in [4.69, 9.17) is 14.2 Å². The third kappa shape index (κ3) is 7.10. The minimum absolute atomic E-state index is 0. The molecule has 3 aromatic rings. The first-order valence-corrected chi connectivity index (χ1v) is 12.4. The summed E-state index contributed by atoms with van der Waals surface area (Å²) in [4.78, 5) is 25.9. The second-order valence-corrected chi connectivity index (χ2v) is 8.90. The summed E-state index contributed by atoms with van der Waals surface area (Å²) in [5.41, 5.74) is 2.24. The van der Waals surface area contributed by atoms with E-state index in [9.17, 15) is 9.59 Å². The van der Waals surface area contributed by atoms with Gasteiger partial charge >= 0.3 is 5.97 Å².